The van der Waals surface area contributed by atoms with Crippen molar-refractivity contribution in [3.8, 4) is 0 Å². The van der Waals surface area contributed by atoms with Crippen molar-refractivity contribution in [1.29, 1.82) is 0 Å². The highest BCUT2D eigenvalue weighted by atomic mass is 79.9. The minimum atomic E-state index is -0.108. The molecule has 130 valence electrons. The van der Waals surface area contributed by atoms with Crippen molar-refractivity contribution in [3.05, 3.63) is 52.6 Å². The molecule has 0 radical (unpaired) electrons. The van der Waals surface area contributed by atoms with Crippen molar-refractivity contribution >= 4 is 58.4 Å². The maximum absolute atomic E-state index is 12.1. The average Bonchev–Trinajstić information content (AvgIpc) is 2.46. The molecule has 2 heterocycles. The van der Waals surface area contributed by atoms with Crippen LogP contribution < -0.4 is 10.6 Å². The van der Waals surface area contributed by atoms with Crippen molar-refractivity contribution in [3.63, 3.8) is 0 Å². The summed E-state index contributed by atoms with van der Waals surface area (Å²) in [5.41, 5.74) is 0.465. The van der Waals surface area contributed by atoms with E-state index in [0.29, 0.717) is 18.2 Å². The van der Waals surface area contributed by atoms with Crippen LogP contribution in [0.4, 0.5) is 0 Å². The molecule has 1 aliphatic heterocycles. The highest BCUT2D eigenvalue weighted by Gasteiger charge is 2.18. The van der Waals surface area contributed by atoms with Crippen molar-refractivity contribution < 1.29 is 4.79 Å². The molecule has 1 fully saturated rings. The standard InChI is InChI=1S/C16H16BrN3OS.2ClH/c17-12-3-1-4-13(7-12)22-15-6-2-5-14(20-15)16(21)19-10-11-8-18-9-11;;/h1-7,11,18H,8-10H2,(H,19,21);2*1H. The van der Waals surface area contributed by atoms with Gasteiger partial charge < -0.3 is 10.6 Å². The Kier molecular flexibility index (Phi) is 9.08. The first-order valence-corrected chi connectivity index (χ1v) is 8.71. The van der Waals surface area contributed by atoms with E-state index in [2.05, 4.69) is 31.5 Å². The molecular formula is C16H18BrCl2N3OS. The number of carbonyl (C=O) groups is 1. The Bertz CT molecular complexity index is 686. The molecule has 0 spiro atoms. The third-order valence-corrected chi connectivity index (χ3v) is 4.81. The number of nitrogens with one attached hydrogen (secondary N) is 2. The minimum Gasteiger partial charge on any atom is -0.350 e. The van der Waals surface area contributed by atoms with Crippen LogP contribution in [0, 0.1) is 5.92 Å². The number of carbonyl (C=O) groups excluding carboxylic acids is 1. The number of halogens is 3. The van der Waals surface area contributed by atoms with Crippen LogP contribution in [0.5, 0.6) is 0 Å². The number of aromatic nitrogens is 1. The van der Waals surface area contributed by atoms with Crippen molar-refractivity contribution in [2.24, 2.45) is 5.92 Å². The summed E-state index contributed by atoms with van der Waals surface area (Å²) in [5.74, 6) is 0.437. The molecule has 2 aromatic rings. The Morgan fingerprint density at radius 2 is 2.00 bits per heavy atom. The number of amides is 1. The van der Waals surface area contributed by atoms with Crippen LogP contribution in [0.25, 0.3) is 0 Å². The largest absolute Gasteiger partial charge is 0.350 e. The normalized spacial score (nSPS) is 13.2. The first kappa shape index (κ1) is 21.3. The van der Waals surface area contributed by atoms with Crippen LogP contribution in [0.2, 0.25) is 0 Å². The van der Waals surface area contributed by atoms with Gasteiger partial charge in [-0.2, -0.15) is 0 Å². The van der Waals surface area contributed by atoms with E-state index in [4.69, 9.17) is 0 Å². The van der Waals surface area contributed by atoms with Gasteiger partial charge >= 0.3 is 0 Å². The van der Waals surface area contributed by atoms with E-state index in [1.165, 1.54) is 0 Å². The molecule has 0 aliphatic carbocycles. The van der Waals surface area contributed by atoms with Gasteiger partial charge in [-0.1, -0.05) is 39.8 Å². The average molecular weight is 451 g/mol. The summed E-state index contributed by atoms with van der Waals surface area (Å²) < 4.78 is 1.03. The van der Waals surface area contributed by atoms with E-state index >= 15 is 0 Å². The van der Waals surface area contributed by atoms with Gasteiger partial charge in [0.15, 0.2) is 0 Å². The fraction of sp³-hybridized carbons (Fsp3) is 0.250. The van der Waals surface area contributed by atoms with E-state index in [0.717, 1.165) is 27.5 Å². The van der Waals surface area contributed by atoms with Crippen LogP contribution in [0.15, 0.2) is 56.9 Å². The van der Waals surface area contributed by atoms with Crippen molar-refractivity contribution in [1.82, 2.24) is 15.6 Å². The first-order chi connectivity index (χ1) is 10.7. The smallest absolute Gasteiger partial charge is 0.269 e. The van der Waals surface area contributed by atoms with E-state index in [1.807, 2.05) is 36.4 Å². The van der Waals surface area contributed by atoms with E-state index in [9.17, 15) is 4.79 Å². The van der Waals surface area contributed by atoms with Crippen LogP contribution in [0.3, 0.4) is 0 Å². The predicted molar refractivity (Wildman–Crippen MR) is 106 cm³/mol. The predicted octanol–water partition coefficient (Wildman–Crippen LogP) is 3.79. The molecule has 8 heteroatoms. The number of benzene rings is 1. The van der Waals surface area contributed by atoms with Gasteiger partial charge in [0.05, 0.1) is 0 Å². The number of pyridine rings is 1. The van der Waals surface area contributed by atoms with Gasteiger partial charge in [-0.15, -0.1) is 24.8 Å². The molecule has 2 N–H and O–H groups in total. The summed E-state index contributed by atoms with van der Waals surface area (Å²) >= 11 is 5.00. The Morgan fingerprint density at radius 1 is 1.25 bits per heavy atom. The second-order valence-corrected chi connectivity index (χ2v) is 7.16. The number of hydrogen-bond acceptors (Lipinski definition) is 4. The Labute approximate surface area is 166 Å². The molecule has 0 saturated carbocycles. The molecule has 1 aromatic heterocycles. The lowest BCUT2D eigenvalue weighted by Crippen LogP contribution is -2.48. The van der Waals surface area contributed by atoms with Crippen LogP contribution in [-0.2, 0) is 0 Å². The lowest BCUT2D eigenvalue weighted by atomic mass is 10.0. The van der Waals surface area contributed by atoms with E-state index in [1.54, 1.807) is 17.8 Å². The van der Waals surface area contributed by atoms with Crippen LogP contribution in [-0.4, -0.2) is 30.5 Å². The Morgan fingerprint density at radius 3 is 2.67 bits per heavy atom. The third kappa shape index (κ3) is 5.93. The summed E-state index contributed by atoms with van der Waals surface area (Å²) in [5, 5.41) is 6.95. The zero-order chi connectivity index (χ0) is 15.4. The molecule has 1 aliphatic rings. The Balaban J connectivity index is 0.00000144. The highest BCUT2D eigenvalue weighted by molar-refractivity contribution is 9.10. The fourth-order valence-corrected chi connectivity index (χ4v) is 3.49. The molecule has 0 bridgehead atoms. The molecule has 0 atom stereocenters. The summed E-state index contributed by atoms with van der Waals surface area (Å²) in [6, 6.07) is 13.5. The monoisotopic (exact) mass is 449 g/mol. The van der Waals surface area contributed by atoms with E-state index < -0.39 is 0 Å². The first-order valence-electron chi connectivity index (χ1n) is 7.10. The Hall–Kier alpha value is -0.790. The van der Waals surface area contributed by atoms with E-state index in [-0.39, 0.29) is 30.7 Å². The molecule has 3 rings (SSSR count). The SMILES string of the molecule is Cl.Cl.O=C(NCC1CNC1)c1cccc(Sc2cccc(Br)c2)n1. The van der Waals surface area contributed by atoms with Crippen LogP contribution in [0.1, 0.15) is 10.5 Å². The van der Waals surface area contributed by atoms with Gasteiger partial charge in [-0.05, 0) is 30.3 Å². The van der Waals surface area contributed by atoms with Gasteiger partial charge in [0.25, 0.3) is 5.91 Å². The lowest BCUT2D eigenvalue weighted by molar-refractivity contribution is 0.0936. The maximum atomic E-state index is 12.1. The summed E-state index contributed by atoms with van der Waals surface area (Å²) in [4.78, 5) is 17.7. The molecular weight excluding hydrogens is 433 g/mol. The number of rotatable bonds is 5. The fourth-order valence-electron chi connectivity index (χ4n) is 2.07. The third-order valence-electron chi connectivity index (χ3n) is 3.39. The maximum Gasteiger partial charge on any atom is 0.269 e. The molecule has 1 aromatic carbocycles. The van der Waals surface area contributed by atoms with Gasteiger partial charge in [-0.3, -0.25) is 4.79 Å². The molecule has 24 heavy (non-hydrogen) atoms. The topological polar surface area (TPSA) is 54.0 Å². The zero-order valence-electron chi connectivity index (χ0n) is 12.7. The lowest BCUT2D eigenvalue weighted by Gasteiger charge is -2.26. The van der Waals surface area contributed by atoms with Gasteiger partial charge in [0, 0.05) is 34.9 Å². The molecule has 4 nitrogen and oxygen atoms in total. The summed E-state index contributed by atoms with van der Waals surface area (Å²) in [7, 11) is 0. The van der Waals surface area contributed by atoms with Crippen molar-refractivity contribution in [2.45, 2.75) is 9.92 Å². The summed E-state index contributed by atoms with van der Waals surface area (Å²) in [6.07, 6.45) is 0. The van der Waals surface area contributed by atoms with Gasteiger partial charge in [0.1, 0.15) is 10.7 Å². The molecule has 1 amide bonds. The second kappa shape index (κ2) is 10.3. The number of nitrogens with zero attached hydrogens (tertiary/aromatic N) is 1. The van der Waals surface area contributed by atoms with Crippen molar-refractivity contribution in [2.75, 3.05) is 19.6 Å². The summed E-state index contributed by atoms with van der Waals surface area (Å²) in [6.45, 7) is 2.66. The molecule has 1 saturated heterocycles. The second-order valence-electron chi connectivity index (χ2n) is 5.15. The van der Waals surface area contributed by atoms with Gasteiger partial charge in [-0.25, -0.2) is 4.98 Å². The zero-order valence-corrected chi connectivity index (χ0v) is 16.7. The van der Waals surface area contributed by atoms with Crippen LogP contribution >= 0.6 is 52.5 Å². The quantitative estimate of drug-likeness (QED) is 0.727. The molecule has 0 unspecified atom stereocenters. The number of hydrogen-bond donors (Lipinski definition) is 2. The van der Waals surface area contributed by atoms with Gasteiger partial charge in [0.2, 0.25) is 0 Å². The minimum absolute atomic E-state index is 0. The highest BCUT2D eigenvalue weighted by Crippen LogP contribution is 2.28.